The standard InChI is InChI=1S/C63H110O12/c1-4-7-10-13-16-19-22-25-26-27-28-29-30-33-34-37-40-43-46-49-55(64)71-52-54(73-56(65)50-47-44-41-38-35-31-23-20-17-14-11-8-5-2)53-72-63-61(59(68)58(67)60(75-63)62(69)70)74-57(66)51-48-45-42-39-36-32-24-21-18-15-12-9-6-3/h11,14,16,19-20,23,25-26,54,58-61,63,67-68H,4-10,12-13,15,17-18,21-22,24,27-53H2,1-3H3,(H,69,70)/b14-11-,19-16-,23-20-,26-25-. The molecule has 1 saturated heterocycles. The van der Waals surface area contributed by atoms with Crippen molar-refractivity contribution >= 4 is 23.9 Å². The van der Waals surface area contributed by atoms with E-state index in [-0.39, 0.29) is 25.9 Å². The Morgan fingerprint density at radius 2 is 0.827 bits per heavy atom. The average Bonchev–Trinajstić information content (AvgIpc) is 3.39. The van der Waals surface area contributed by atoms with Crippen LogP contribution in [-0.4, -0.2) is 89.2 Å². The second-order valence-electron chi connectivity index (χ2n) is 21.0. The molecule has 1 heterocycles. The second-order valence-corrected chi connectivity index (χ2v) is 21.0. The third kappa shape index (κ3) is 41.5. The predicted molar refractivity (Wildman–Crippen MR) is 303 cm³/mol. The number of carbonyl (C=O) groups excluding carboxylic acids is 3. The topological polar surface area (TPSA) is 175 Å². The molecule has 0 aliphatic carbocycles. The zero-order valence-corrected chi connectivity index (χ0v) is 47.8. The number of esters is 3. The lowest BCUT2D eigenvalue weighted by molar-refractivity contribution is -0.301. The van der Waals surface area contributed by atoms with Crippen molar-refractivity contribution in [2.75, 3.05) is 13.2 Å². The van der Waals surface area contributed by atoms with Gasteiger partial charge in [-0.1, -0.05) is 230 Å². The Hall–Kier alpha value is -3.32. The molecule has 0 aromatic rings. The van der Waals surface area contributed by atoms with Crippen molar-refractivity contribution in [2.45, 2.75) is 314 Å². The van der Waals surface area contributed by atoms with Crippen molar-refractivity contribution in [2.24, 2.45) is 0 Å². The number of hydrogen-bond donors (Lipinski definition) is 3. The maximum Gasteiger partial charge on any atom is 0.335 e. The molecule has 0 bridgehead atoms. The van der Waals surface area contributed by atoms with Crippen LogP contribution in [0.5, 0.6) is 0 Å². The lowest BCUT2D eigenvalue weighted by Gasteiger charge is -2.40. The molecule has 0 aromatic carbocycles. The number of carboxylic acids is 1. The van der Waals surface area contributed by atoms with E-state index in [1.807, 2.05) is 0 Å². The first kappa shape index (κ1) is 69.7. The number of rotatable bonds is 52. The van der Waals surface area contributed by atoms with Crippen molar-refractivity contribution in [3.63, 3.8) is 0 Å². The van der Waals surface area contributed by atoms with Crippen molar-refractivity contribution in [1.82, 2.24) is 0 Å². The lowest BCUT2D eigenvalue weighted by Crippen LogP contribution is -2.61. The number of unbranched alkanes of at least 4 members (excludes halogenated alkanes) is 30. The predicted octanol–water partition coefficient (Wildman–Crippen LogP) is 15.8. The van der Waals surface area contributed by atoms with Gasteiger partial charge in [0.1, 0.15) is 18.8 Å². The molecule has 1 fully saturated rings. The molecule has 0 radical (unpaired) electrons. The van der Waals surface area contributed by atoms with Gasteiger partial charge >= 0.3 is 23.9 Å². The summed E-state index contributed by atoms with van der Waals surface area (Å²) < 4.78 is 28.4. The highest BCUT2D eigenvalue weighted by Crippen LogP contribution is 2.26. The Labute approximate surface area is 456 Å². The quantitative estimate of drug-likeness (QED) is 0.0228. The maximum absolute atomic E-state index is 13.1. The number of carbonyl (C=O) groups is 4. The summed E-state index contributed by atoms with van der Waals surface area (Å²) >= 11 is 0. The van der Waals surface area contributed by atoms with Gasteiger partial charge in [0.15, 0.2) is 24.6 Å². The number of carboxylic acid groups (broad SMARTS) is 1. The fourth-order valence-corrected chi connectivity index (χ4v) is 9.14. The van der Waals surface area contributed by atoms with Crippen molar-refractivity contribution in [3.8, 4) is 0 Å². The van der Waals surface area contributed by atoms with Crippen LogP contribution in [0.4, 0.5) is 0 Å². The zero-order chi connectivity index (χ0) is 54.7. The first-order valence-corrected chi connectivity index (χ1v) is 30.6. The molecule has 0 amide bonds. The molecule has 12 nitrogen and oxygen atoms in total. The third-order valence-corrected chi connectivity index (χ3v) is 13.9. The van der Waals surface area contributed by atoms with Crippen molar-refractivity contribution < 1.29 is 58.2 Å². The number of allylic oxidation sites excluding steroid dienone is 8. The van der Waals surface area contributed by atoms with Crippen LogP contribution in [0.3, 0.4) is 0 Å². The maximum atomic E-state index is 13.1. The van der Waals surface area contributed by atoms with Gasteiger partial charge in [0.25, 0.3) is 0 Å². The number of aliphatic carboxylic acids is 1. The summed E-state index contributed by atoms with van der Waals surface area (Å²) in [5.41, 5.74) is 0. The summed E-state index contributed by atoms with van der Waals surface area (Å²) in [6, 6.07) is 0. The molecule has 6 atom stereocenters. The van der Waals surface area contributed by atoms with Gasteiger partial charge in [0.2, 0.25) is 0 Å². The SMILES string of the molecule is CCC/C=C\C/C=C\CCCCCCCC(=O)OC(COC(=O)CCCCCCCCCCC/C=C\C/C=C\CCCCC)COC1OC(C(=O)O)C(O)C(O)C1OC(=O)CCCCCCCCCCCCCCC. The second kappa shape index (κ2) is 51.4. The van der Waals surface area contributed by atoms with E-state index in [4.69, 9.17) is 23.7 Å². The van der Waals surface area contributed by atoms with Crippen LogP contribution in [0.25, 0.3) is 0 Å². The fraction of sp³-hybridized carbons (Fsp3) is 0.810. The molecule has 3 N–H and O–H groups in total. The molecule has 0 aromatic heterocycles. The lowest BCUT2D eigenvalue weighted by atomic mass is 9.98. The van der Waals surface area contributed by atoms with Gasteiger partial charge in [-0.3, -0.25) is 14.4 Å². The van der Waals surface area contributed by atoms with E-state index in [2.05, 4.69) is 69.4 Å². The molecule has 0 saturated carbocycles. The summed E-state index contributed by atoms with van der Waals surface area (Å²) in [5.74, 6) is -3.12. The smallest absolute Gasteiger partial charge is 0.335 e. The van der Waals surface area contributed by atoms with Crippen LogP contribution in [0.15, 0.2) is 48.6 Å². The van der Waals surface area contributed by atoms with Gasteiger partial charge in [0, 0.05) is 19.3 Å². The summed E-state index contributed by atoms with van der Waals surface area (Å²) in [7, 11) is 0. The van der Waals surface area contributed by atoms with E-state index >= 15 is 0 Å². The number of hydrogen-bond acceptors (Lipinski definition) is 11. The van der Waals surface area contributed by atoms with E-state index in [0.29, 0.717) is 19.3 Å². The average molecular weight is 1060 g/mol. The molecule has 1 rings (SSSR count). The minimum atomic E-state index is -1.90. The molecule has 1 aliphatic rings. The highest BCUT2D eigenvalue weighted by molar-refractivity contribution is 5.74. The van der Waals surface area contributed by atoms with Crippen molar-refractivity contribution in [3.05, 3.63) is 48.6 Å². The van der Waals surface area contributed by atoms with Crippen molar-refractivity contribution in [1.29, 1.82) is 0 Å². The van der Waals surface area contributed by atoms with Crippen LogP contribution in [-0.2, 0) is 42.9 Å². The van der Waals surface area contributed by atoms with Gasteiger partial charge in [-0.25, -0.2) is 4.79 Å². The van der Waals surface area contributed by atoms with Gasteiger partial charge in [-0.05, 0) is 77.0 Å². The Balaban J connectivity index is 2.66. The first-order chi connectivity index (χ1) is 36.6. The number of aliphatic hydroxyl groups excluding tert-OH is 2. The monoisotopic (exact) mass is 1060 g/mol. The van der Waals surface area contributed by atoms with E-state index < -0.39 is 67.3 Å². The summed E-state index contributed by atoms with van der Waals surface area (Å²) in [6.45, 7) is 5.90. The third-order valence-electron chi connectivity index (χ3n) is 13.9. The normalized spacial score (nSPS) is 18.4. The summed E-state index contributed by atoms with van der Waals surface area (Å²) in [6.07, 6.45) is 49.3. The molecular weight excluding hydrogens is 949 g/mol. The zero-order valence-electron chi connectivity index (χ0n) is 47.8. The molecule has 434 valence electrons. The Bertz CT molecular complexity index is 1490. The molecule has 0 spiro atoms. The number of ether oxygens (including phenoxy) is 5. The molecule has 12 heteroatoms. The minimum Gasteiger partial charge on any atom is -0.479 e. The van der Waals surface area contributed by atoms with E-state index in [1.165, 1.54) is 109 Å². The molecule has 1 aliphatic heterocycles. The van der Waals surface area contributed by atoms with Gasteiger partial charge in [0.05, 0.1) is 6.61 Å². The molecular formula is C63H110O12. The van der Waals surface area contributed by atoms with Crippen LogP contribution in [0.2, 0.25) is 0 Å². The first-order valence-electron chi connectivity index (χ1n) is 30.6. The van der Waals surface area contributed by atoms with Crippen LogP contribution in [0.1, 0.15) is 278 Å². The summed E-state index contributed by atoms with van der Waals surface area (Å²) in [4.78, 5) is 51.1. The summed E-state index contributed by atoms with van der Waals surface area (Å²) in [5, 5.41) is 31.5. The van der Waals surface area contributed by atoms with E-state index in [9.17, 15) is 34.5 Å². The molecule has 6 unspecified atom stereocenters. The van der Waals surface area contributed by atoms with E-state index in [0.717, 1.165) is 109 Å². The van der Waals surface area contributed by atoms with Crippen LogP contribution < -0.4 is 0 Å². The highest BCUT2D eigenvalue weighted by atomic mass is 16.7. The largest absolute Gasteiger partial charge is 0.479 e. The highest BCUT2D eigenvalue weighted by Gasteiger charge is 2.50. The van der Waals surface area contributed by atoms with E-state index in [1.54, 1.807) is 0 Å². The Morgan fingerprint density at radius 1 is 0.440 bits per heavy atom. The van der Waals surface area contributed by atoms with Crippen LogP contribution in [0, 0.1) is 0 Å². The minimum absolute atomic E-state index is 0.0621. The number of aliphatic hydroxyl groups is 2. The van der Waals surface area contributed by atoms with Gasteiger partial charge in [-0.2, -0.15) is 0 Å². The Kier molecular flexibility index (Phi) is 47.8. The Morgan fingerprint density at radius 3 is 1.28 bits per heavy atom. The van der Waals surface area contributed by atoms with Gasteiger partial charge < -0.3 is 39.0 Å². The van der Waals surface area contributed by atoms with Crippen LogP contribution >= 0.6 is 0 Å². The fourth-order valence-electron chi connectivity index (χ4n) is 9.14. The van der Waals surface area contributed by atoms with Gasteiger partial charge in [-0.15, -0.1) is 0 Å². The molecule has 75 heavy (non-hydrogen) atoms.